The van der Waals surface area contributed by atoms with Crippen molar-refractivity contribution in [2.75, 3.05) is 6.54 Å². The molecule has 4 atom stereocenters. The number of amides is 2. The number of hydrogen-bond acceptors (Lipinski definition) is 3. The van der Waals surface area contributed by atoms with Crippen LogP contribution in [0.1, 0.15) is 51.9 Å². The van der Waals surface area contributed by atoms with E-state index in [0.29, 0.717) is 18.9 Å². The van der Waals surface area contributed by atoms with Gasteiger partial charge in [-0.15, -0.1) is 12.4 Å². The molecule has 1 aliphatic heterocycles. The second-order valence-electron chi connectivity index (χ2n) is 6.48. The lowest BCUT2D eigenvalue weighted by atomic mass is 9.82. The number of carbonyl (C=O) groups is 2. The van der Waals surface area contributed by atoms with Gasteiger partial charge in [0.2, 0.25) is 11.8 Å². The maximum Gasteiger partial charge on any atom is 0.223 e. The Morgan fingerprint density at radius 3 is 2.43 bits per heavy atom. The van der Waals surface area contributed by atoms with Crippen LogP contribution >= 0.6 is 12.4 Å². The zero-order valence-corrected chi connectivity index (χ0v) is 13.6. The second-order valence-corrected chi connectivity index (χ2v) is 6.48. The third-order valence-corrected chi connectivity index (χ3v) is 5.01. The summed E-state index contributed by atoms with van der Waals surface area (Å²) >= 11 is 0. The number of likely N-dealkylation sites (tertiary alicyclic amines) is 1. The Bertz CT molecular complexity index is 378. The van der Waals surface area contributed by atoms with E-state index in [2.05, 4.69) is 6.92 Å². The van der Waals surface area contributed by atoms with Crippen molar-refractivity contribution < 1.29 is 9.59 Å². The molecule has 2 amide bonds. The SMILES string of the molecule is CC1CCC(C(N)=O)CN1C(=O)CC1CCCCC1N.Cl. The zero-order valence-electron chi connectivity index (χ0n) is 12.8. The number of primary amides is 1. The minimum absolute atomic E-state index is 0. The average Bonchev–Trinajstić information content (AvgIpc) is 2.41. The van der Waals surface area contributed by atoms with Gasteiger partial charge < -0.3 is 16.4 Å². The maximum atomic E-state index is 12.5. The topological polar surface area (TPSA) is 89.4 Å². The maximum absolute atomic E-state index is 12.5. The van der Waals surface area contributed by atoms with E-state index in [1.807, 2.05) is 4.90 Å². The molecule has 21 heavy (non-hydrogen) atoms. The lowest BCUT2D eigenvalue weighted by Crippen LogP contribution is -2.49. The summed E-state index contributed by atoms with van der Waals surface area (Å²) in [5.41, 5.74) is 11.5. The lowest BCUT2D eigenvalue weighted by Gasteiger charge is -2.38. The summed E-state index contributed by atoms with van der Waals surface area (Å²) in [6.07, 6.45) is 6.60. The number of carbonyl (C=O) groups excluding carboxylic acids is 2. The predicted molar refractivity (Wildman–Crippen MR) is 84.9 cm³/mol. The van der Waals surface area contributed by atoms with Gasteiger partial charge in [0, 0.05) is 25.0 Å². The van der Waals surface area contributed by atoms with Crippen molar-refractivity contribution in [3.8, 4) is 0 Å². The number of rotatable bonds is 3. The van der Waals surface area contributed by atoms with Gasteiger partial charge in [-0.1, -0.05) is 12.8 Å². The van der Waals surface area contributed by atoms with Crippen LogP contribution in [0, 0.1) is 11.8 Å². The highest BCUT2D eigenvalue weighted by Gasteiger charge is 2.33. The molecule has 122 valence electrons. The Kier molecular flexibility index (Phi) is 6.94. The van der Waals surface area contributed by atoms with Crippen LogP contribution in [0.5, 0.6) is 0 Å². The van der Waals surface area contributed by atoms with E-state index in [4.69, 9.17) is 11.5 Å². The Labute approximate surface area is 133 Å². The minimum Gasteiger partial charge on any atom is -0.369 e. The molecule has 2 rings (SSSR count). The summed E-state index contributed by atoms with van der Waals surface area (Å²) in [5.74, 6) is -0.0255. The van der Waals surface area contributed by atoms with Crippen LogP contribution in [0.15, 0.2) is 0 Å². The van der Waals surface area contributed by atoms with Gasteiger partial charge in [-0.3, -0.25) is 9.59 Å². The molecule has 0 radical (unpaired) electrons. The normalized spacial score (nSPS) is 33.1. The molecule has 0 aromatic rings. The fraction of sp³-hybridized carbons (Fsp3) is 0.867. The first-order valence-electron chi connectivity index (χ1n) is 7.83. The van der Waals surface area contributed by atoms with Crippen LogP contribution in [0.2, 0.25) is 0 Å². The van der Waals surface area contributed by atoms with Gasteiger partial charge in [0.1, 0.15) is 0 Å². The molecule has 0 bridgehead atoms. The molecule has 0 spiro atoms. The van der Waals surface area contributed by atoms with Crippen LogP contribution < -0.4 is 11.5 Å². The van der Waals surface area contributed by atoms with E-state index in [1.165, 1.54) is 12.8 Å². The molecule has 1 heterocycles. The van der Waals surface area contributed by atoms with Gasteiger partial charge in [-0.05, 0) is 38.5 Å². The highest BCUT2D eigenvalue weighted by molar-refractivity contribution is 5.85. The summed E-state index contributed by atoms with van der Waals surface area (Å²) in [4.78, 5) is 25.7. The second kappa shape index (κ2) is 7.99. The number of hydrogen-bond donors (Lipinski definition) is 2. The number of nitrogens with zero attached hydrogens (tertiary/aromatic N) is 1. The van der Waals surface area contributed by atoms with Gasteiger partial charge in [0.15, 0.2) is 0 Å². The zero-order chi connectivity index (χ0) is 14.7. The Morgan fingerprint density at radius 2 is 1.81 bits per heavy atom. The van der Waals surface area contributed by atoms with Crippen molar-refractivity contribution in [3.63, 3.8) is 0 Å². The first kappa shape index (κ1) is 18.2. The third kappa shape index (κ3) is 4.58. The summed E-state index contributed by atoms with van der Waals surface area (Å²) in [5, 5.41) is 0. The van der Waals surface area contributed by atoms with Crippen LogP contribution in [0.3, 0.4) is 0 Å². The molecule has 0 aromatic heterocycles. The smallest absolute Gasteiger partial charge is 0.223 e. The van der Waals surface area contributed by atoms with Crippen LogP contribution in [-0.2, 0) is 9.59 Å². The van der Waals surface area contributed by atoms with Gasteiger partial charge >= 0.3 is 0 Å². The molecule has 6 heteroatoms. The van der Waals surface area contributed by atoms with Gasteiger partial charge in [0.05, 0.1) is 5.92 Å². The minimum atomic E-state index is -0.288. The highest BCUT2D eigenvalue weighted by atomic mass is 35.5. The van der Waals surface area contributed by atoms with Crippen molar-refractivity contribution in [1.82, 2.24) is 4.90 Å². The van der Waals surface area contributed by atoms with Gasteiger partial charge in [0.25, 0.3) is 0 Å². The van der Waals surface area contributed by atoms with Crippen molar-refractivity contribution in [3.05, 3.63) is 0 Å². The van der Waals surface area contributed by atoms with Crippen molar-refractivity contribution in [2.45, 2.75) is 64.0 Å². The molecule has 5 nitrogen and oxygen atoms in total. The van der Waals surface area contributed by atoms with E-state index < -0.39 is 0 Å². The fourth-order valence-electron chi connectivity index (χ4n) is 3.52. The highest BCUT2D eigenvalue weighted by Crippen LogP contribution is 2.28. The molecule has 4 unspecified atom stereocenters. The predicted octanol–water partition coefficient (Wildman–Crippen LogP) is 1.43. The largest absolute Gasteiger partial charge is 0.369 e. The molecule has 1 saturated heterocycles. The molecular formula is C15H28ClN3O2. The van der Waals surface area contributed by atoms with E-state index in [9.17, 15) is 9.59 Å². The van der Waals surface area contributed by atoms with E-state index in [0.717, 1.165) is 25.7 Å². The number of nitrogens with two attached hydrogens (primary N) is 2. The molecule has 2 fully saturated rings. The number of halogens is 1. The first-order valence-corrected chi connectivity index (χ1v) is 7.83. The standard InChI is InChI=1S/C15H27N3O2.ClH/c1-10-6-7-12(15(17)20)9-18(10)14(19)8-11-4-2-3-5-13(11)16;/h10-13H,2-9,16H2,1H3,(H2,17,20);1H. The van der Waals surface area contributed by atoms with Gasteiger partial charge in [-0.25, -0.2) is 0 Å². The molecule has 2 aliphatic rings. The van der Waals surface area contributed by atoms with E-state index >= 15 is 0 Å². The van der Waals surface area contributed by atoms with Crippen molar-refractivity contribution >= 4 is 24.2 Å². The van der Waals surface area contributed by atoms with Crippen molar-refractivity contribution in [1.29, 1.82) is 0 Å². The van der Waals surface area contributed by atoms with Gasteiger partial charge in [-0.2, -0.15) is 0 Å². The molecule has 0 aromatic carbocycles. The molecular weight excluding hydrogens is 290 g/mol. The summed E-state index contributed by atoms with van der Waals surface area (Å²) in [6, 6.07) is 0.359. The molecule has 4 N–H and O–H groups in total. The van der Waals surface area contributed by atoms with Crippen LogP contribution in [0.25, 0.3) is 0 Å². The van der Waals surface area contributed by atoms with Crippen molar-refractivity contribution in [2.24, 2.45) is 23.3 Å². The quantitative estimate of drug-likeness (QED) is 0.825. The molecule has 1 aliphatic carbocycles. The fourth-order valence-corrected chi connectivity index (χ4v) is 3.52. The number of piperidine rings is 1. The van der Waals surface area contributed by atoms with Crippen LogP contribution in [-0.4, -0.2) is 35.3 Å². The lowest BCUT2D eigenvalue weighted by molar-refractivity contribution is -0.138. The van der Waals surface area contributed by atoms with Crippen LogP contribution in [0.4, 0.5) is 0 Å². The monoisotopic (exact) mass is 317 g/mol. The Balaban J connectivity index is 0.00000220. The van der Waals surface area contributed by atoms with E-state index in [1.54, 1.807) is 0 Å². The Hall–Kier alpha value is -0.810. The summed E-state index contributed by atoms with van der Waals surface area (Å²) in [7, 11) is 0. The molecule has 1 saturated carbocycles. The summed E-state index contributed by atoms with van der Waals surface area (Å²) < 4.78 is 0. The third-order valence-electron chi connectivity index (χ3n) is 5.01. The average molecular weight is 318 g/mol. The Morgan fingerprint density at radius 1 is 1.14 bits per heavy atom. The first-order chi connectivity index (χ1) is 9.49. The summed E-state index contributed by atoms with van der Waals surface area (Å²) in [6.45, 7) is 2.53. The van der Waals surface area contributed by atoms with E-state index in [-0.39, 0.29) is 42.2 Å².